The molecule has 0 heterocycles. The van der Waals surface area contributed by atoms with Crippen LogP contribution in [0.15, 0.2) is 36.4 Å². The maximum absolute atomic E-state index is 11.7. The number of carbonyl (C=O) groups is 1. The van der Waals surface area contributed by atoms with Crippen LogP contribution in [0.4, 0.5) is 0 Å². The number of Topliss-reactive ketones (excluding diaryl/α,β-unsaturated/α-hetero) is 1. The first-order valence-electron chi connectivity index (χ1n) is 8.44. The number of fused-ring (bicyclic) bond motifs is 1. The molecule has 0 amide bonds. The zero-order chi connectivity index (χ0) is 15.8. The standard InChI is InChI=1S/C20H26O2/c1-3-5-6-7-8-13-22-19-12-11-16-14-18(20(21)4-2)10-9-17(16)15-19/h9-12,14-15H,3-8,13H2,1-2H3. The van der Waals surface area contributed by atoms with Gasteiger partial charge in [0.2, 0.25) is 0 Å². The Morgan fingerprint density at radius 3 is 2.41 bits per heavy atom. The Morgan fingerprint density at radius 2 is 1.64 bits per heavy atom. The van der Waals surface area contributed by atoms with Crippen LogP contribution >= 0.6 is 0 Å². The molecule has 0 saturated heterocycles. The molecule has 0 radical (unpaired) electrons. The molecule has 2 heteroatoms. The fourth-order valence-corrected chi connectivity index (χ4v) is 2.59. The van der Waals surface area contributed by atoms with Crippen LogP contribution in [0.5, 0.6) is 5.75 Å². The summed E-state index contributed by atoms with van der Waals surface area (Å²) >= 11 is 0. The van der Waals surface area contributed by atoms with Gasteiger partial charge in [0.25, 0.3) is 0 Å². The molecule has 0 aliphatic carbocycles. The Kier molecular flexibility index (Phi) is 6.45. The van der Waals surface area contributed by atoms with Gasteiger partial charge in [-0.15, -0.1) is 0 Å². The SMILES string of the molecule is CCCCCCCOc1ccc2cc(C(=O)CC)ccc2c1. The van der Waals surface area contributed by atoms with Gasteiger partial charge < -0.3 is 4.74 Å². The minimum atomic E-state index is 0.189. The van der Waals surface area contributed by atoms with Crippen molar-refractivity contribution < 1.29 is 9.53 Å². The molecule has 2 rings (SSSR count). The number of unbranched alkanes of at least 4 members (excludes halogenated alkanes) is 4. The summed E-state index contributed by atoms with van der Waals surface area (Å²) in [5, 5.41) is 2.21. The highest BCUT2D eigenvalue weighted by molar-refractivity contribution is 5.99. The first-order chi connectivity index (χ1) is 10.7. The molecule has 0 aliphatic rings. The van der Waals surface area contributed by atoms with Crippen molar-refractivity contribution in [1.29, 1.82) is 0 Å². The average molecular weight is 298 g/mol. The van der Waals surface area contributed by atoms with Crippen LogP contribution < -0.4 is 4.74 Å². The molecular formula is C20H26O2. The molecule has 0 atom stereocenters. The van der Waals surface area contributed by atoms with Crippen molar-refractivity contribution in [2.75, 3.05) is 6.61 Å². The summed E-state index contributed by atoms with van der Waals surface area (Å²) in [6, 6.07) is 12.0. The van der Waals surface area contributed by atoms with E-state index in [0.717, 1.165) is 35.1 Å². The summed E-state index contributed by atoms with van der Waals surface area (Å²) in [7, 11) is 0. The second kappa shape index (κ2) is 8.57. The molecule has 0 aromatic heterocycles. The molecule has 0 spiro atoms. The summed E-state index contributed by atoms with van der Waals surface area (Å²) in [5.41, 5.74) is 0.791. The lowest BCUT2D eigenvalue weighted by Gasteiger charge is -2.08. The van der Waals surface area contributed by atoms with E-state index in [1.54, 1.807) is 0 Å². The monoisotopic (exact) mass is 298 g/mol. The smallest absolute Gasteiger partial charge is 0.162 e. The van der Waals surface area contributed by atoms with Crippen LogP contribution in [0.25, 0.3) is 10.8 Å². The van der Waals surface area contributed by atoms with Gasteiger partial charge in [-0.3, -0.25) is 4.79 Å². The van der Waals surface area contributed by atoms with E-state index >= 15 is 0 Å². The minimum Gasteiger partial charge on any atom is -0.494 e. The van der Waals surface area contributed by atoms with Gasteiger partial charge in [0, 0.05) is 12.0 Å². The molecule has 0 N–H and O–H groups in total. The lowest BCUT2D eigenvalue weighted by Crippen LogP contribution is -1.98. The highest BCUT2D eigenvalue weighted by Crippen LogP contribution is 2.23. The minimum absolute atomic E-state index is 0.189. The van der Waals surface area contributed by atoms with Gasteiger partial charge >= 0.3 is 0 Å². The Balaban J connectivity index is 1.94. The van der Waals surface area contributed by atoms with Crippen molar-refractivity contribution in [3.05, 3.63) is 42.0 Å². The normalized spacial score (nSPS) is 10.8. The van der Waals surface area contributed by atoms with E-state index in [1.807, 2.05) is 37.3 Å². The van der Waals surface area contributed by atoms with Gasteiger partial charge in [0.05, 0.1) is 6.61 Å². The van der Waals surface area contributed by atoms with Gasteiger partial charge in [0.15, 0.2) is 5.78 Å². The van der Waals surface area contributed by atoms with E-state index in [9.17, 15) is 4.79 Å². The van der Waals surface area contributed by atoms with Gasteiger partial charge in [-0.2, -0.15) is 0 Å². The second-order valence-corrected chi connectivity index (χ2v) is 5.76. The van der Waals surface area contributed by atoms with E-state index in [4.69, 9.17) is 4.74 Å². The molecular weight excluding hydrogens is 272 g/mol. The maximum atomic E-state index is 11.7. The van der Waals surface area contributed by atoms with Crippen molar-refractivity contribution >= 4 is 16.6 Å². The Hall–Kier alpha value is -1.83. The molecule has 0 aliphatic heterocycles. The van der Waals surface area contributed by atoms with Crippen molar-refractivity contribution in [3.8, 4) is 5.75 Å². The van der Waals surface area contributed by atoms with Crippen molar-refractivity contribution in [2.24, 2.45) is 0 Å². The molecule has 118 valence electrons. The molecule has 0 unspecified atom stereocenters. The molecule has 22 heavy (non-hydrogen) atoms. The van der Waals surface area contributed by atoms with E-state index in [2.05, 4.69) is 13.0 Å². The summed E-state index contributed by atoms with van der Waals surface area (Å²) in [4.78, 5) is 11.7. The molecule has 0 bridgehead atoms. The third-order valence-corrected chi connectivity index (χ3v) is 3.97. The molecule has 2 nitrogen and oxygen atoms in total. The van der Waals surface area contributed by atoms with Crippen LogP contribution in [-0.4, -0.2) is 12.4 Å². The maximum Gasteiger partial charge on any atom is 0.162 e. The summed E-state index contributed by atoms with van der Waals surface area (Å²) < 4.78 is 5.83. The fourth-order valence-electron chi connectivity index (χ4n) is 2.59. The number of rotatable bonds is 9. The fraction of sp³-hybridized carbons (Fsp3) is 0.450. The number of benzene rings is 2. The van der Waals surface area contributed by atoms with E-state index in [1.165, 1.54) is 25.7 Å². The van der Waals surface area contributed by atoms with Crippen LogP contribution in [-0.2, 0) is 0 Å². The molecule has 0 saturated carbocycles. The quantitative estimate of drug-likeness (QED) is 0.433. The Bertz CT molecular complexity index is 616. The number of ketones is 1. The molecule has 0 fully saturated rings. The zero-order valence-electron chi connectivity index (χ0n) is 13.7. The van der Waals surface area contributed by atoms with E-state index in [0.29, 0.717) is 6.42 Å². The highest BCUT2D eigenvalue weighted by atomic mass is 16.5. The summed E-state index contributed by atoms with van der Waals surface area (Å²) in [5.74, 6) is 1.10. The number of hydrogen-bond acceptors (Lipinski definition) is 2. The second-order valence-electron chi connectivity index (χ2n) is 5.76. The Labute approximate surface area is 133 Å². The van der Waals surface area contributed by atoms with E-state index < -0.39 is 0 Å². The third kappa shape index (κ3) is 4.59. The lowest BCUT2D eigenvalue weighted by atomic mass is 10.0. The topological polar surface area (TPSA) is 26.3 Å². The average Bonchev–Trinajstić information content (AvgIpc) is 2.56. The van der Waals surface area contributed by atoms with Gasteiger partial charge in [-0.05, 0) is 35.4 Å². The number of ether oxygens (including phenoxy) is 1. The molecule has 2 aromatic rings. The summed E-state index contributed by atoms with van der Waals surface area (Å²) in [6.45, 7) is 4.90. The third-order valence-electron chi connectivity index (χ3n) is 3.97. The van der Waals surface area contributed by atoms with Gasteiger partial charge in [-0.25, -0.2) is 0 Å². The van der Waals surface area contributed by atoms with Crippen LogP contribution in [0.3, 0.4) is 0 Å². The summed E-state index contributed by atoms with van der Waals surface area (Å²) in [6.07, 6.45) is 6.78. The van der Waals surface area contributed by atoms with Crippen molar-refractivity contribution in [2.45, 2.75) is 52.4 Å². The predicted octanol–water partition coefficient (Wildman–Crippen LogP) is 5.78. The van der Waals surface area contributed by atoms with Gasteiger partial charge in [0.1, 0.15) is 5.75 Å². The number of hydrogen-bond donors (Lipinski definition) is 0. The van der Waals surface area contributed by atoms with Gasteiger partial charge in [-0.1, -0.05) is 57.7 Å². The first-order valence-corrected chi connectivity index (χ1v) is 8.44. The van der Waals surface area contributed by atoms with Crippen molar-refractivity contribution in [3.63, 3.8) is 0 Å². The highest BCUT2D eigenvalue weighted by Gasteiger charge is 2.04. The van der Waals surface area contributed by atoms with Crippen LogP contribution in [0, 0.1) is 0 Å². The van der Waals surface area contributed by atoms with Crippen LogP contribution in [0.1, 0.15) is 62.7 Å². The lowest BCUT2D eigenvalue weighted by molar-refractivity contribution is 0.0988. The van der Waals surface area contributed by atoms with E-state index in [-0.39, 0.29) is 5.78 Å². The zero-order valence-corrected chi connectivity index (χ0v) is 13.7. The first kappa shape index (κ1) is 16.5. The Morgan fingerprint density at radius 1 is 0.909 bits per heavy atom. The predicted molar refractivity (Wildman–Crippen MR) is 92.8 cm³/mol. The van der Waals surface area contributed by atoms with Crippen LogP contribution in [0.2, 0.25) is 0 Å². The molecule has 2 aromatic carbocycles. The largest absolute Gasteiger partial charge is 0.494 e. The van der Waals surface area contributed by atoms with Crippen molar-refractivity contribution in [1.82, 2.24) is 0 Å². The number of carbonyl (C=O) groups excluding carboxylic acids is 1.